The van der Waals surface area contributed by atoms with Crippen LogP contribution in [0.25, 0.3) is 11.1 Å². The fourth-order valence-electron chi connectivity index (χ4n) is 5.86. The van der Waals surface area contributed by atoms with Crippen molar-refractivity contribution in [3.63, 3.8) is 0 Å². The molecule has 0 spiro atoms. The maximum atomic E-state index is 10.6. The average Bonchev–Trinajstić information content (AvgIpc) is 3.13. The second kappa shape index (κ2) is 18.5. The van der Waals surface area contributed by atoms with E-state index in [4.69, 9.17) is 20.0 Å². The van der Waals surface area contributed by atoms with Gasteiger partial charge >= 0.3 is 0 Å². The van der Waals surface area contributed by atoms with Gasteiger partial charge in [0, 0.05) is 84.1 Å². The molecule has 0 heterocycles. The van der Waals surface area contributed by atoms with Crippen LogP contribution in [-0.2, 0) is 39.0 Å². The number of benzene rings is 6. The van der Waals surface area contributed by atoms with Gasteiger partial charge in [0.25, 0.3) is 0 Å². The number of aromatic hydroxyl groups is 4. The number of phenolic OH excluding ortho intramolecular Hbond substituents is 4. The number of hydrogen-bond donors (Lipinski definition) is 4. The number of rotatable bonds is 9. The SMILES string of the molecule is CC(=Nc1ccc(-c2ccc(N=C(C)c3ccccc3O)c(N=C(C)c3ccccc3O)c2)cc1N=C(C)c1ccccc1O)c1ccccc1O.[Zn].[Zn]. The molecule has 0 fully saturated rings. The number of hydrogen-bond acceptors (Lipinski definition) is 8. The zero-order valence-corrected chi connectivity index (χ0v) is 36.6. The van der Waals surface area contributed by atoms with Crippen molar-refractivity contribution < 1.29 is 59.4 Å². The molecule has 0 bridgehead atoms. The van der Waals surface area contributed by atoms with Crippen LogP contribution in [0.3, 0.4) is 0 Å². The Kier molecular flexibility index (Phi) is 14.1. The third-order valence-electron chi connectivity index (χ3n) is 8.61. The van der Waals surface area contributed by atoms with Crippen molar-refractivity contribution in [3.05, 3.63) is 156 Å². The van der Waals surface area contributed by atoms with E-state index in [1.54, 1.807) is 48.5 Å². The van der Waals surface area contributed by atoms with Gasteiger partial charge < -0.3 is 20.4 Å². The summed E-state index contributed by atoms with van der Waals surface area (Å²) in [6, 6.07) is 39.6. The molecule has 6 rings (SSSR count). The van der Waals surface area contributed by atoms with E-state index < -0.39 is 0 Å². The van der Waals surface area contributed by atoms with Crippen LogP contribution in [-0.4, -0.2) is 43.3 Å². The molecule has 0 amide bonds. The molecule has 0 aliphatic carbocycles. The smallest absolute Gasteiger partial charge is 0.124 e. The van der Waals surface area contributed by atoms with Gasteiger partial charge in [0.2, 0.25) is 0 Å². The van der Waals surface area contributed by atoms with Crippen LogP contribution in [0.4, 0.5) is 22.7 Å². The molecule has 0 saturated heterocycles. The third kappa shape index (κ3) is 9.51. The number of para-hydroxylation sites is 4. The van der Waals surface area contributed by atoms with Crippen LogP contribution in [0.1, 0.15) is 49.9 Å². The van der Waals surface area contributed by atoms with E-state index in [1.165, 1.54) is 0 Å². The van der Waals surface area contributed by atoms with Crippen LogP contribution in [0.2, 0.25) is 0 Å². The first-order chi connectivity index (χ1) is 25.1. The summed E-state index contributed by atoms with van der Waals surface area (Å²) >= 11 is 0. The fourth-order valence-corrected chi connectivity index (χ4v) is 5.86. The van der Waals surface area contributed by atoms with Crippen molar-refractivity contribution in [3.8, 4) is 34.1 Å². The van der Waals surface area contributed by atoms with Crippen molar-refractivity contribution in [2.45, 2.75) is 27.7 Å². The molecule has 0 aromatic heterocycles. The molecule has 54 heavy (non-hydrogen) atoms. The summed E-state index contributed by atoms with van der Waals surface area (Å²) in [4.78, 5) is 19.7. The summed E-state index contributed by atoms with van der Waals surface area (Å²) in [6.45, 7) is 7.33. The summed E-state index contributed by atoms with van der Waals surface area (Å²) in [5.41, 5.74) is 8.74. The Morgan fingerprint density at radius 1 is 0.333 bits per heavy atom. The molecular formula is C44H38N4O4Zn2. The van der Waals surface area contributed by atoms with E-state index in [1.807, 2.05) is 113 Å². The second-order valence-corrected chi connectivity index (χ2v) is 12.3. The van der Waals surface area contributed by atoms with Crippen LogP contribution >= 0.6 is 0 Å². The molecule has 4 N–H and O–H groups in total. The quantitative estimate of drug-likeness (QED) is 0.0855. The van der Waals surface area contributed by atoms with E-state index >= 15 is 0 Å². The minimum absolute atomic E-state index is 0. The Balaban J connectivity index is 0.00000325. The summed E-state index contributed by atoms with van der Waals surface area (Å²) in [6.07, 6.45) is 0. The Morgan fingerprint density at radius 2 is 0.574 bits per heavy atom. The summed E-state index contributed by atoms with van der Waals surface area (Å²) < 4.78 is 0. The van der Waals surface area contributed by atoms with Gasteiger partial charge in [0.05, 0.1) is 22.7 Å². The summed E-state index contributed by atoms with van der Waals surface area (Å²) in [7, 11) is 0. The van der Waals surface area contributed by atoms with Crippen LogP contribution in [0.15, 0.2) is 153 Å². The van der Waals surface area contributed by atoms with Crippen molar-refractivity contribution in [2.24, 2.45) is 20.0 Å². The Labute approximate surface area is 340 Å². The summed E-state index contributed by atoms with van der Waals surface area (Å²) in [5.74, 6) is 0.493. The van der Waals surface area contributed by atoms with Gasteiger partial charge in [-0.1, -0.05) is 60.7 Å². The zero-order valence-electron chi connectivity index (χ0n) is 30.7. The van der Waals surface area contributed by atoms with Gasteiger partial charge in [-0.05, 0) is 112 Å². The van der Waals surface area contributed by atoms with Gasteiger partial charge in [-0.3, -0.25) is 20.0 Å². The molecular weight excluding hydrogens is 779 g/mol. The third-order valence-corrected chi connectivity index (χ3v) is 8.61. The number of aliphatic imine (C=N–C) groups is 4. The van der Waals surface area contributed by atoms with Crippen LogP contribution in [0.5, 0.6) is 23.0 Å². The van der Waals surface area contributed by atoms with E-state index in [2.05, 4.69) is 0 Å². The maximum absolute atomic E-state index is 10.6. The molecule has 0 unspecified atom stereocenters. The van der Waals surface area contributed by atoms with Crippen LogP contribution < -0.4 is 0 Å². The van der Waals surface area contributed by atoms with E-state index in [-0.39, 0.29) is 62.0 Å². The van der Waals surface area contributed by atoms with E-state index in [0.717, 1.165) is 11.1 Å². The minimum atomic E-state index is 0. The topological polar surface area (TPSA) is 130 Å². The van der Waals surface area contributed by atoms with E-state index in [9.17, 15) is 20.4 Å². The molecule has 10 heteroatoms. The maximum Gasteiger partial charge on any atom is 0.124 e. The Bertz CT molecular complexity index is 2250. The van der Waals surface area contributed by atoms with Gasteiger partial charge in [-0.2, -0.15) is 0 Å². The largest absolute Gasteiger partial charge is 0.507 e. The fraction of sp³-hybridized carbons (Fsp3) is 0.0909. The van der Waals surface area contributed by atoms with Crippen molar-refractivity contribution in [1.29, 1.82) is 0 Å². The molecule has 6 aromatic rings. The molecule has 0 atom stereocenters. The molecule has 0 aliphatic heterocycles. The molecule has 262 valence electrons. The molecule has 0 aliphatic rings. The van der Waals surface area contributed by atoms with Crippen molar-refractivity contribution >= 4 is 45.6 Å². The molecule has 0 saturated carbocycles. The molecule has 0 radical (unpaired) electrons. The van der Waals surface area contributed by atoms with Crippen LogP contribution in [0, 0.1) is 0 Å². The molecule has 6 aromatic carbocycles. The van der Waals surface area contributed by atoms with Crippen molar-refractivity contribution in [2.75, 3.05) is 0 Å². The first-order valence-electron chi connectivity index (χ1n) is 16.7. The summed E-state index contributed by atoms with van der Waals surface area (Å²) in [5, 5.41) is 42.1. The predicted octanol–water partition coefficient (Wildman–Crippen LogP) is 10.7. The van der Waals surface area contributed by atoms with Gasteiger partial charge in [0.15, 0.2) is 0 Å². The Morgan fingerprint density at radius 3 is 0.833 bits per heavy atom. The predicted molar refractivity (Wildman–Crippen MR) is 212 cm³/mol. The number of phenols is 4. The number of nitrogens with zero attached hydrogens (tertiary/aromatic N) is 4. The van der Waals surface area contributed by atoms with Crippen molar-refractivity contribution in [1.82, 2.24) is 0 Å². The first-order valence-corrected chi connectivity index (χ1v) is 16.7. The average molecular weight is 818 g/mol. The van der Waals surface area contributed by atoms with Gasteiger partial charge in [-0.15, -0.1) is 0 Å². The normalized spacial score (nSPS) is 12.1. The van der Waals surface area contributed by atoms with Gasteiger partial charge in [0.1, 0.15) is 23.0 Å². The standard InChI is InChI=1S/C44H38N4O4.2Zn/c1-27(33-13-5-9-17-41(33)49)45-37-23-21-31(25-39(37)47-29(3)35-15-7-11-19-43(35)51)32-22-24-38(46-28(2)34-14-6-10-18-42(34)50)40(26-32)48-30(4)36-16-8-12-20-44(36)52;;/h5-26,49-52H,1-4H3;;. The zero-order chi connectivity index (χ0) is 36.8. The van der Waals surface area contributed by atoms with Gasteiger partial charge in [-0.25, -0.2) is 0 Å². The minimum Gasteiger partial charge on any atom is -0.507 e. The second-order valence-electron chi connectivity index (χ2n) is 12.3. The van der Waals surface area contributed by atoms with E-state index in [0.29, 0.717) is 67.9 Å². The molecule has 8 nitrogen and oxygen atoms in total. The monoisotopic (exact) mass is 814 g/mol. The first kappa shape index (κ1) is 41.2. The Hall–Kier alpha value is -5.55.